The summed E-state index contributed by atoms with van der Waals surface area (Å²) in [6.45, 7) is 17.0. The van der Waals surface area contributed by atoms with Crippen LogP contribution in [0, 0.1) is 23.7 Å². The summed E-state index contributed by atoms with van der Waals surface area (Å²) in [6, 6.07) is 9.49. The molecule has 0 spiro atoms. The predicted octanol–water partition coefficient (Wildman–Crippen LogP) is 3.36. The molecule has 0 bridgehead atoms. The second-order valence-corrected chi connectivity index (χ2v) is 17.9. The van der Waals surface area contributed by atoms with Crippen LogP contribution >= 0.6 is 0 Å². The lowest BCUT2D eigenvalue weighted by Gasteiger charge is -2.49. The molecule has 57 heavy (non-hydrogen) atoms. The van der Waals surface area contributed by atoms with Crippen LogP contribution in [0.2, 0.25) is 0 Å². The van der Waals surface area contributed by atoms with Gasteiger partial charge in [0.25, 0.3) is 0 Å². The van der Waals surface area contributed by atoms with E-state index >= 15 is 0 Å². The van der Waals surface area contributed by atoms with E-state index in [9.17, 15) is 35.1 Å². The second kappa shape index (κ2) is 19.1. The molecule has 0 amide bonds. The Morgan fingerprint density at radius 2 is 1.51 bits per heavy atom. The number of likely N-dealkylation sites (N-methyl/N-ethyl adjacent to an activating group) is 1. The summed E-state index contributed by atoms with van der Waals surface area (Å²) < 4.78 is 37.6. The van der Waals surface area contributed by atoms with Gasteiger partial charge < -0.3 is 54.0 Å². The van der Waals surface area contributed by atoms with E-state index in [1.54, 1.807) is 41.5 Å². The molecule has 14 heteroatoms. The third kappa shape index (κ3) is 10.6. The number of ether oxygens (including phenoxy) is 6. The van der Waals surface area contributed by atoms with Crippen molar-refractivity contribution >= 4 is 11.8 Å². The van der Waals surface area contributed by atoms with Gasteiger partial charge in [0.1, 0.15) is 29.7 Å². The van der Waals surface area contributed by atoms with Gasteiger partial charge in [-0.1, -0.05) is 58.0 Å². The van der Waals surface area contributed by atoms with Gasteiger partial charge in [0.15, 0.2) is 12.6 Å². The maximum absolute atomic E-state index is 14.2. The van der Waals surface area contributed by atoms with E-state index in [1.807, 2.05) is 49.2 Å². The van der Waals surface area contributed by atoms with Gasteiger partial charge in [-0.3, -0.25) is 14.5 Å². The van der Waals surface area contributed by atoms with Crippen LogP contribution in [0.1, 0.15) is 100 Å². The number of ketones is 1. The summed E-state index contributed by atoms with van der Waals surface area (Å²) in [6.07, 6.45) is -10.0. The van der Waals surface area contributed by atoms with Crippen molar-refractivity contribution in [1.82, 2.24) is 4.90 Å². The summed E-state index contributed by atoms with van der Waals surface area (Å²) in [7, 11) is 3.41. The molecule has 1 aromatic carbocycles. The Morgan fingerprint density at radius 3 is 2.11 bits per heavy atom. The third-order valence-corrected chi connectivity index (χ3v) is 13.0. The fourth-order valence-corrected chi connectivity index (χ4v) is 9.32. The summed E-state index contributed by atoms with van der Waals surface area (Å²) in [5.41, 5.74) is -3.83. The zero-order chi connectivity index (χ0) is 42.8. The Hall–Kier alpha value is -2.08. The molecule has 5 N–H and O–H groups in total. The molecule has 3 aliphatic rings. The smallest absolute Gasteiger partial charge is 0.311 e. The first-order valence-corrected chi connectivity index (χ1v) is 20.6. The highest BCUT2D eigenvalue weighted by Gasteiger charge is 2.53. The molecule has 0 unspecified atom stereocenters. The Balaban J connectivity index is 1.80. The molecule has 14 nitrogen and oxygen atoms in total. The van der Waals surface area contributed by atoms with Gasteiger partial charge >= 0.3 is 5.97 Å². The number of benzene rings is 1. The van der Waals surface area contributed by atoms with Gasteiger partial charge in [0.2, 0.25) is 0 Å². The fourth-order valence-electron chi connectivity index (χ4n) is 9.32. The summed E-state index contributed by atoms with van der Waals surface area (Å²) >= 11 is 0. The number of nitrogens with zero attached hydrogens (tertiary/aromatic N) is 1. The third-order valence-electron chi connectivity index (χ3n) is 13.0. The quantitative estimate of drug-likeness (QED) is 0.228. The molecular weight excluding hydrogens is 738 g/mol. The van der Waals surface area contributed by atoms with Crippen molar-refractivity contribution in [3.63, 3.8) is 0 Å². The van der Waals surface area contributed by atoms with E-state index in [0.29, 0.717) is 13.0 Å². The Bertz CT molecular complexity index is 1460. The molecule has 3 heterocycles. The number of cyclic esters (lactones) is 1. The van der Waals surface area contributed by atoms with Crippen molar-refractivity contribution in [2.24, 2.45) is 23.7 Å². The Kier molecular flexibility index (Phi) is 15.9. The number of Topliss-reactive ketones (excluding diaryl/α,β-unsaturated/α-hetero) is 1. The zero-order valence-electron chi connectivity index (χ0n) is 36.0. The zero-order valence-corrected chi connectivity index (χ0v) is 36.0. The lowest BCUT2D eigenvalue weighted by molar-refractivity contribution is -0.318. The minimum atomic E-state index is -2.01. The molecule has 326 valence electrons. The summed E-state index contributed by atoms with van der Waals surface area (Å²) in [5, 5.41) is 58.5. The van der Waals surface area contributed by atoms with Crippen molar-refractivity contribution in [1.29, 1.82) is 0 Å². The molecule has 18 atom stereocenters. The van der Waals surface area contributed by atoms with Gasteiger partial charge in [-0.25, -0.2) is 0 Å². The van der Waals surface area contributed by atoms with Crippen LogP contribution < -0.4 is 0 Å². The van der Waals surface area contributed by atoms with Crippen LogP contribution in [-0.4, -0.2) is 141 Å². The predicted molar refractivity (Wildman–Crippen MR) is 210 cm³/mol. The van der Waals surface area contributed by atoms with Crippen LogP contribution in [0.5, 0.6) is 0 Å². The van der Waals surface area contributed by atoms with Crippen molar-refractivity contribution in [2.75, 3.05) is 14.2 Å². The van der Waals surface area contributed by atoms with Gasteiger partial charge in [-0.15, -0.1) is 0 Å². The van der Waals surface area contributed by atoms with E-state index in [0.717, 1.165) is 5.56 Å². The number of aliphatic hydroxyl groups excluding tert-OH is 3. The summed E-state index contributed by atoms with van der Waals surface area (Å²) in [5.74, 6) is -5.06. The van der Waals surface area contributed by atoms with Crippen LogP contribution in [0.4, 0.5) is 0 Å². The van der Waals surface area contributed by atoms with Crippen molar-refractivity contribution < 1.29 is 63.5 Å². The maximum Gasteiger partial charge on any atom is 0.311 e. The van der Waals surface area contributed by atoms with E-state index in [2.05, 4.69) is 0 Å². The van der Waals surface area contributed by atoms with E-state index in [-0.39, 0.29) is 25.4 Å². The molecule has 3 saturated heterocycles. The molecule has 3 aliphatic heterocycles. The van der Waals surface area contributed by atoms with Gasteiger partial charge in [0, 0.05) is 43.9 Å². The molecule has 0 aromatic heterocycles. The average molecular weight is 810 g/mol. The normalized spacial score (nSPS) is 45.7. The molecule has 0 aliphatic carbocycles. The van der Waals surface area contributed by atoms with Gasteiger partial charge in [0.05, 0.1) is 47.6 Å². The first-order valence-electron chi connectivity index (χ1n) is 20.6. The minimum Gasteiger partial charge on any atom is -0.459 e. The van der Waals surface area contributed by atoms with Crippen LogP contribution in [0.3, 0.4) is 0 Å². The molecule has 0 saturated carbocycles. The molecule has 0 radical (unpaired) electrons. The topological polar surface area (TPSA) is 194 Å². The minimum absolute atomic E-state index is 0.0845. The number of carbonyl (C=O) groups excluding carboxylic acids is 2. The highest BCUT2D eigenvalue weighted by atomic mass is 16.7. The number of hydrogen-bond acceptors (Lipinski definition) is 14. The van der Waals surface area contributed by atoms with E-state index in [4.69, 9.17) is 28.4 Å². The van der Waals surface area contributed by atoms with Crippen LogP contribution in [0.15, 0.2) is 30.3 Å². The van der Waals surface area contributed by atoms with Gasteiger partial charge in [-0.05, 0) is 73.4 Å². The lowest BCUT2D eigenvalue weighted by Crippen LogP contribution is -2.61. The SMILES string of the molecule is CC[C@H]1OC(=O)[C@H](C)[C@@H](O[C@H]2C[C@@](C)(OC)[C@@H](O)[C@H](C)O2)[C@H](C)[C@@H](O[C@@H]2O[C@H](C)C[C@H](N(C)Cc3ccccc3)[C@H]2O)[C@](C)(O)C[C@@H](C)C(=O)[C@H](C)[C@@H](O)[C@]1(C)O. The summed E-state index contributed by atoms with van der Waals surface area (Å²) in [4.78, 5) is 30.2. The molecular formula is C43H71NO13. The largest absolute Gasteiger partial charge is 0.459 e. The number of rotatable bonds is 9. The maximum atomic E-state index is 14.2. The van der Waals surface area contributed by atoms with E-state index < -0.39 is 114 Å². The standard InChI is InChI=1S/C43H71NO13/c1-13-31-43(10,51)36(47)25(4)33(45)23(2)20-41(8,50)38(57-40-34(46)30(19-24(3)53-40)44(11)22-29-17-15-14-16-18-29)26(5)35(27(6)39(49)55-31)56-32-21-42(9,52-12)37(48)28(7)54-32/h14-18,23-28,30-32,34-38,40,46-48,50-51H,13,19-22H2,1-12H3/t23-,24-,25+,26+,27-,28+,30+,31-,32+,34-,35+,36-,37+,38-,40+,41-,42-,43-/m1/s1. The average Bonchev–Trinajstić information content (AvgIpc) is 3.16. The monoisotopic (exact) mass is 809 g/mol. The number of hydrogen-bond donors (Lipinski definition) is 5. The van der Waals surface area contributed by atoms with E-state index in [1.165, 1.54) is 27.9 Å². The first kappa shape index (κ1) is 47.6. The number of carbonyl (C=O) groups is 2. The van der Waals surface area contributed by atoms with Crippen molar-refractivity contribution in [3.05, 3.63) is 35.9 Å². The van der Waals surface area contributed by atoms with Crippen LogP contribution in [-0.2, 0) is 44.6 Å². The highest BCUT2D eigenvalue weighted by Crippen LogP contribution is 2.41. The van der Waals surface area contributed by atoms with Crippen LogP contribution in [0.25, 0.3) is 0 Å². The number of esters is 1. The molecule has 1 aromatic rings. The number of aliphatic hydroxyl groups is 5. The molecule has 3 fully saturated rings. The lowest BCUT2D eigenvalue weighted by atomic mass is 9.74. The van der Waals surface area contributed by atoms with Crippen molar-refractivity contribution in [2.45, 2.75) is 186 Å². The fraction of sp³-hybridized carbons (Fsp3) is 0.814. The van der Waals surface area contributed by atoms with Gasteiger partial charge in [-0.2, -0.15) is 0 Å². The highest BCUT2D eigenvalue weighted by molar-refractivity contribution is 5.83. The number of methoxy groups -OCH3 is 1. The Morgan fingerprint density at radius 1 is 0.877 bits per heavy atom. The first-order chi connectivity index (χ1) is 26.5. The van der Waals surface area contributed by atoms with Crippen molar-refractivity contribution in [3.8, 4) is 0 Å². The molecule has 4 rings (SSSR count). The second-order valence-electron chi connectivity index (χ2n) is 17.9. The Labute approximate surface area is 339 Å².